The molecule has 8 rings (SSSR count). The summed E-state index contributed by atoms with van der Waals surface area (Å²) in [5, 5.41) is 11.6. The lowest BCUT2D eigenvalue weighted by Gasteiger charge is -2.47. The maximum atomic E-state index is 9.45. The van der Waals surface area contributed by atoms with Crippen LogP contribution < -0.4 is 18.9 Å². The average Bonchev–Trinajstić information content (AvgIpc) is 3.59. The number of allylic oxidation sites excluding steroid dienone is 4. The molecular formula is C55H60O6. The van der Waals surface area contributed by atoms with Gasteiger partial charge in [0.25, 0.3) is 0 Å². The summed E-state index contributed by atoms with van der Waals surface area (Å²) in [5.74, 6) is 3.76. The Morgan fingerprint density at radius 2 is 1.48 bits per heavy atom. The Morgan fingerprint density at radius 1 is 0.803 bits per heavy atom. The summed E-state index contributed by atoms with van der Waals surface area (Å²) in [6, 6.07) is 29.8. The van der Waals surface area contributed by atoms with Gasteiger partial charge in [0.1, 0.15) is 35.4 Å². The first-order chi connectivity index (χ1) is 29.7. The van der Waals surface area contributed by atoms with Gasteiger partial charge in [0.15, 0.2) is 5.60 Å². The normalized spacial score (nSPS) is 18.4. The van der Waals surface area contributed by atoms with Crippen molar-refractivity contribution >= 4 is 22.4 Å². The van der Waals surface area contributed by atoms with E-state index in [0.29, 0.717) is 16.9 Å². The first-order valence-electron chi connectivity index (χ1n) is 22.0. The zero-order valence-electron chi connectivity index (χ0n) is 36.7. The van der Waals surface area contributed by atoms with Crippen LogP contribution in [0.25, 0.3) is 33.5 Å². The number of fused-ring (bicyclic) bond motifs is 10. The summed E-state index contributed by atoms with van der Waals surface area (Å²) >= 11 is 0. The van der Waals surface area contributed by atoms with Crippen LogP contribution in [0.4, 0.5) is 0 Å². The Morgan fingerprint density at radius 3 is 2.08 bits per heavy atom. The summed E-state index contributed by atoms with van der Waals surface area (Å²) in [6.45, 7) is 11.4. The van der Waals surface area contributed by atoms with Gasteiger partial charge in [0, 0.05) is 33.1 Å². The molecule has 316 valence electrons. The molecule has 1 spiro atoms. The Hall–Kier alpha value is -5.72. The molecule has 5 aromatic carbocycles. The Kier molecular flexibility index (Phi) is 11.9. The second kappa shape index (κ2) is 17.3. The van der Waals surface area contributed by atoms with Gasteiger partial charge in [-0.3, -0.25) is 0 Å². The largest absolute Gasteiger partial charge is 0.497 e. The summed E-state index contributed by atoms with van der Waals surface area (Å²) in [5.41, 5.74) is 9.36. The molecule has 6 heteroatoms. The molecule has 0 amide bonds. The van der Waals surface area contributed by atoms with Crippen molar-refractivity contribution in [3.05, 3.63) is 155 Å². The van der Waals surface area contributed by atoms with E-state index in [1.807, 2.05) is 49.4 Å². The highest BCUT2D eigenvalue weighted by Crippen LogP contribution is 2.65. The average molecular weight is 817 g/mol. The number of rotatable bonds is 15. The van der Waals surface area contributed by atoms with Crippen molar-refractivity contribution in [3.63, 3.8) is 0 Å². The van der Waals surface area contributed by atoms with Crippen LogP contribution in [0, 0.1) is 5.41 Å². The molecule has 1 heterocycles. The van der Waals surface area contributed by atoms with E-state index in [0.717, 1.165) is 68.7 Å². The number of hydrogen-bond donors (Lipinski definition) is 1. The third kappa shape index (κ3) is 7.23. The lowest BCUT2D eigenvalue weighted by Crippen LogP contribution is -2.38. The van der Waals surface area contributed by atoms with Crippen LogP contribution >= 0.6 is 0 Å². The molecule has 1 unspecified atom stereocenters. The van der Waals surface area contributed by atoms with Gasteiger partial charge in [-0.15, -0.1) is 0 Å². The summed E-state index contributed by atoms with van der Waals surface area (Å²) < 4.78 is 31.0. The quantitative estimate of drug-likeness (QED) is 0.0838. The van der Waals surface area contributed by atoms with E-state index in [1.165, 1.54) is 60.8 Å². The van der Waals surface area contributed by atoms with Crippen LogP contribution in [0.5, 0.6) is 23.0 Å². The summed E-state index contributed by atoms with van der Waals surface area (Å²) in [6.07, 6.45) is 20.0. The minimum absolute atomic E-state index is 0.0556. The Balaban J connectivity index is 1.41. The smallest absolute Gasteiger partial charge is 0.178 e. The van der Waals surface area contributed by atoms with Crippen LogP contribution in [-0.2, 0) is 15.8 Å². The lowest BCUT2D eigenvalue weighted by molar-refractivity contribution is 0.118. The van der Waals surface area contributed by atoms with Crippen LogP contribution in [0.1, 0.15) is 106 Å². The molecule has 61 heavy (non-hydrogen) atoms. The molecule has 0 radical (unpaired) electrons. The van der Waals surface area contributed by atoms with Crippen molar-refractivity contribution in [1.82, 2.24) is 0 Å². The zero-order chi connectivity index (χ0) is 42.8. The summed E-state index contributed by atoms with van der Waals surface area (Å²) in [7, 11) is 5.09. The molecule has 1 fully saturated rings. The van der Waals surface area contributed by atoms with Gasteiger partial charge < -0.3 is 28.8 Å². The third-order valence-electron chi connectivity index (χ3n) is 13.8. The molecule has 1 atom stereocenters. The number of aliphatic hydroxyl groups is 1. The number of ether oxygens (including phenoxy) is 5. The van der Waals surface area contributed by atoms with Gasteiger partial charge in [-0.1, -0.05) is 94.0 Å². The van der Waals surface area contributed by atoms with Crippen LogP contribution in [0.15, 0.2) is 122 Å². The fourth-order valence-corrected chi connectivity index (χ4v) is 10.9. The number of hydrogen-bond acceptors (Lipinski definition) is 6. The molecule has 0 aromatic heterocycles. The van der Waals surface area contributed by atoms with Crippen LogP contribution in [0.3, 0.4) is 0 Å². The van der Waals surface area contributed by atoms with Gasteiger partial charge in [0.2, 0.25) is 0 Å². The second-order valence-electron chi connectivity index (χ2n) is 17.0. The molecular weight excluding hydrogens is 757 g/mol. The number of methoxy groups -OCH3 is 3. The molecule has 1 N–H and O–H groups in total. The molecule has 1 aliphatic heterocycles. The Labute approximate surface area is 362 Å². The topological polar surface area (TPSA) is 66.4 Å². The summed E-state index contributed by atoms with van der Waals surface area (Å²) in [4.78, 5) is 0. The molecule has 0 saturated heterocycles. The van der Waals surface area contributed by atoms with Gasteiger partial charge in [-0.05, 0) is 139 Å². The minimum atomic E-state index is -1.00. The van der Waals surface area contributed by atoms with E-state index >= 15 is 0 Å². The number of aliphatic hydroxyl groups excluding tert-OH is 1. The zero-order valence-corrected chi connectivity index (χ0v) is 36.7. The third-order valence-corrected chi connectivity index (χ3v) is 13.8. The highest BCUT2D eigenvalue weighted by atomic mass is 16.5. The number of benzene rings is 5. The fraction of sp³-hybridized carbons (Fsp3) is 0.345. The molecule has 5 aromatic rings. The first-order valence-corrected chi connectivity index (χ1v) is 22.0. The van der Waals surface area contributed by atoms with Crippen molar-refractivity contribution in [2.75, 3.05) is 34.5 Å². The molecule has 6 nitrogen and oxygen atoms in total. The molecule has 3 aliphatic rings. The standard InChI is InChI=1S/C55H60O6/c1-8-26-53(27-9-2)29-31-54(32-30-53)48-14-12-11-13-43(48)50-46-35-45(37(4)15-20-40(10-3)57-5)49(59-7)36-47(46)52-44(51(50)54)25-28-55(61-52,38-16-21-41(58-6)22-17-38)39-18-23-42(24-19-39)60-34-33-56/h10-25,28,35-36,56H,4,8-9,26-27,29-34H2,1-3,5-7H3/b20-15-,40-10+. The highest BCUT2D eigenvalue weighted by Gasteiger charge is 2.52. The van der Waals surface area contributed by atoms with Crippen molar-refractivity contribution < 1.29 is 28.8 Å². The van der Waals surface area contributed by atoms with E-state index in [1.54, 1.807) is 21.3 Å². The van der Waals surface area contributed by atoms with Gasteiger partial charge in [-0.25, -0.2) is 0 Å². The van der Waals surface area contributed by atoms with Gasteiger partial charge >= 0.3 is 0 Å². The van der Waals surface area contributed by atoms with E-state index in [-0.39, 0.29) is 18.6 Å². The van der Waals surface area contributed by atoms with E-state index in [9.17, 15) is 5.11 Å². The van der Waals surface area contributed by atoms with Crippen molar-refractivity contribution in [1.29, 1.82) is 0 Å². The lowest BCUT2D eigenvalue weighted by atomic mass is 9.57. The first kappa shape index (κ1) is 42.0. The maximum absolute atomic E-state index is 9.45. The fourth-order valence-electron chi connectivity index (χ4n) is 10.9. The SMILES string of the molecule is C=C(/C=C\C(=C/C)OC)c1cc2c3c(c4c(c2cc1OC)OC(c1ccc(OC)cc1)(c1ccc(OCCO)cc1)C=C4)C1(CCC(CCC)(CCC)CC1)c1ccccc1-3. The monoisotopic (exact) mass is 816 g/mol. The van der Waals surface area contributed by atoms with Gasteiger partial charge in [0.05, 0.1) is 27.9 Å². The minimum Gasteiger partial charge on any atom is -0.497 e. The van der Waals surface area contributed by atoms with Gasteiger partial charge in [-0.2, -0.15) is 0 Å². The van der Waals surface area contributed by atoms with E-state index < -0.39 is 5.60 Å². The van der Waals surface area contributed by atoms with Crippen LogP contribution in [0.2, 0.25) is 0 Å². The van der Waals surface area contributed by atoms with E-state index in [2.05, 4.69) is 93.2 Å². The maximum Gasteiger partial charge on any atom is 0.178 e. The second-order valence-corrected chi connectivity index (χ2v) is 17.0. The Bertz CT molecular complexity index is 2490. The predicted octanol–water partition coefficient (Wildman–Crippen LogP) is 13.1. The van der Waals surface area contributed by atoms with Crippen molar-refractivity contribution in [2.24, 2.45) is 5.41 Å². The van der Waals surface area contributed by atoms with E-state index in [4.69, 9.17) is 23.7 Å². The highest BCUT2D eigenvalue weighted by molar-refractivity contribution is 6.10. The molecule has 0 bridgehead atoms. The molecule has 1 saturated carbocycles. The van der Waals surface area contributed by atoms with Crippen molar-refractivity contribution in [2.45, 2.75) is 83.2 Å². The molecule has 2 aliphatic carbocycles. The van der Waals surface area contributed by atoms with Crippen molar-refractivity contribution in [3.8, 4) is 34.1 Å². The predicted molar refractivity (Wildman–Crippen MR) is 249 cm³/mol. The van der Waals surface area contributed by atoms with Crippen LogP contribution in [-0.4, -0.2) is 39.6 Å².